The van der Waals surface area contributed by atoms with Gasteiger partial charge in [-0.3, -0.25) is 9.59 Å². The lowest BCUT2D eigenvalue weighted by molar-refractivity contribution is -0.141. The summed E-state index contributed by atoms with van der Waals surface area (Å²) in [4.78, 5) is 27.9. The number of ether oxygens (including phenoxy) is 1. The third-order valence-corrected chi connectivity index (χ3v) is 3.84. The van der Waals surface area contributed by atoms with E-state index in [2.05, 4.69) is 0 Å². The molecule has 0 spiro atoms. The maximum Gasteiger partial charge on any atom is 0.242 e. The Morgan fingerprint density at radius 2 is 2.27 bits per heavy atom. The normalized spacial score (nSPS) is 15.7. The van der Waals surface area contributed by atoms with Gasteiger partial charge in [0.05, 0.1) is 26.0 Å². The van der Waals surface area contributed by atoms with E-state index in [4.69, 9.17) is 9.15 Å². The highest BCUT2D eigenvalue weighted by molar-refractivity contribution is 5.85. The minimum absolute atomic E-state index is 0.0660. The van der Waals surface area contributed by atoms with E-state index < -0.39 is 0 Å². The smallest absolute Gasteiger partial charge is 0.242 e. The number of likely N-dealkylation sites (tertiary alicyclic amines) is 1. The zero-order chi connectivity index (χ0) is 15.8. The van der Waals surface area contributed by atoms with E-state index in [1.807, 2.05) is 6.07 Å². The number of furan rings is 1. The standard InChI is InChI=1S/C16H24N2O4/c1-21-11-9-18(12-14-6-5-10-22-14)16(20)13-17-8-4-2-3-7-15(17)19/h5-6,10H,2-4,7-9,11-13H2,1H3. The lowest BCUT2D eigenvalue weighted by Gasteiger charge is -2.26. The molecule has 1 aromatic heterocycles. The first-order valence-electron chi connectivity index (χ1n) is 7.77. The summed E-state index contributed by atoms with van der Waals surface area (Å²) >= 11 is 0. The highest BCUT2D eigenvalue weighted by Gasteiger charge is 2.23. The molecule has 0 aromatic carbocycles. The molecule has 0 radical (unpaired) electrons. The second kappa shape index (κ2) is 8.58. The van der Waals surface area contributed by atoms with Crippen LogP contribution in [0.2, 0.25) is 0 Å². The highest BCUT2D eigenvalue weighted by atomic mass is 16.5. The van der Waals surface area contributed by atoms with Gasteiger partial charge in [-0.15, -0.1) is 0 Å². The molecule has 1 fully saturated rings. The van der Waals surface area contributed by atoms with E-state index in [1.165, 1.54) is 0 Å². The van der Waals surface area contributed by atoms with E-state index in [-0.39, 0.29) is 18.4 Å². The van der Waals surface area contributed by atoms with Crippen molar-refractivity contribution in [3.05, 3.63) is 24.2 Å². The molecule has 2 amide bonds. The van der Waals surface area contributed by atoms with Crippen molar-refractivity contribution in [2.75, 3.05) is 33.4 Å². The summed E-state index contributed by atoms with van der Waals surface area (Å²) in [6.45, 7) is 2.16. The van der Waals surface area contributed by atoms with Crippen molar-refractivity contribution in [3.63, 3.8) is 0 Å². The molecule has 0 N–H and O–H groups in total. The minimum atomic E-state index is -0.0660. The molecule has 0 aliphatic carbocycles. The quantitative estimate of drug-likeness (QED) is 0.768. The fourth-order valence-corrected chi connectivity index (χ4v) is 2.55. The second-order valence-electron chi connectivity index (χ2n) is 5.51. The van der Waals surface area contributed by atoms with Crippen molar-refractivity contribution in [2.45, 2.75) is 32.2 Å². The maximum absolute atomic E-state index is 12.5. The molecule has 122 valence electrons. The van der Waals surface area contributed by atoms with Crippen molar-refractivity contribution < 1.29 is 18.7 Å². The first-order valence-corrected chi connectivity index (χ1v) is 7.77. The zero-order valence-corrected chi connectivity index (χ0v) is 13.1. The van der Waals surface area contributed by atoms with Gasteiger partial charge in [0.2, 0.25) is 11.8 Å². The fraction of sp³-hybridized carbons (Fsp3) is 0.625. The number of amides is 2. The molecular weight excluding hydrogens is 284 g/mol. The minimum Gasteiger partial charge on any atom is -0.467 e. The van der Waals surface area contributed by atoms with Gasteiger partial charge in [0.1, 0.15) is 5.76 Å². The second-order valence-corrected chi connectivity index (χ2v) is 5.51. The number of carbonyl (C=O) groups excluding carboxylic acids is 2. The van der Waals surface area contributed by atoms with Crippen LogP contribution < -0.4 is 0 Å². The van der Waals surface area contributed by atoms with Crippen molar-refractivity contribution in [1.82, 2.24) is 9.80 Å². The molecule has 1 saturated heterocycles. The fourth-order valence-electron chi connectivity index (χ4n) is 2.55. The summed E-state index contributed by atoms with van der Waals surface area (Å²) in [6.07, 6.45) is 5.07. The Morgan fingerprint density at radius 3 is 3.00 bits per heavy atom. The Hall–Kier alpha value is -1.82. The summed E-state index contributed by atoms with van der Waals surface area (Å²) in [7, 11) is 1.61. The van der Waals surface area contributed by atoms with Gasteiger partial charge in [-0.25, -0.2) is 0 Å². The van der Waals surface area contributed by atoms with Gasteiger partial charge in [0, 0.05) is 26.6 Å². The molecule has 6 heteroatoms. The average molecular weight is 308 g/mol. The first kappa shape index (κ1) is 16.5. The molecule has 22 heavy (non-hydrogen) atoms. The van der Waals surface area contributed by atoms with Gasteiger partial charge < -0.3 is 19.0 Å². The Morgan fingerprint density at radius 1 is 1.41 bits per heavy atom. The molecule has 2 rings (SSSR count). The largest absolute Gasteiger partial charge is 0.467 e. The SMILES string of the molecule is COCCN(Cc1ccco1)C(=O)CN1CCCCCC1=O. The Balaban J connectivity index is 1.96. The molecule has 1 aliphatic heterocycles. The molecule has 0 unspecified atom stereocenters. The van der Waals surface area contributed by atoms with Gasteiger partial charge in [-0.1, -0.05) is 6.42 Å². The van der Waals surface area contributed by atoms with Gasteiger partial charge in [0.25, 0.3) is 0 Å². The van der Waals surface area contributed by atoms with E-state index in [0.717, 1.165) is 25.0 Å². The van der Waals surface area contributed by atoms with Crippen LogP contribution in [0.25, 0.3) is 0 Å². The van der Waals surface area contributed by atoms with Crippen LogP contribution in [-0.4, -0.2) is 55.0 Å². The first-order chi connectivity index (χ1) is 10.7. The highest BCUT2D eigenvalue weighted by Crippen LogP contribution is 2.12. The van der Waals surface area contributed by atoms with E-state index in [0.29, 0.717) is 32.7 Å². The summed E-state index contributed by atoms with van der Waals surface area (Å²) in [5, 5.41) is 0. The Bertz CT molecular complexity index is 473. The summed E-state index contributed by atoms with van der Waals surface area (Å²) in [5.74, 6) is 0.742. The predicted octanol–water partition coefficient (Wildman–Crippen LogP) is 1.66. The van der Waals surface area contributed by atoms with Crippen LogP contribution >= 0.6 is 0 Å². The topological polar surface area (TPSA) is 63.0 Å². The lowest BCUT2D eigenvalue weighted by Crippen LogP contribution is -2.43. The maximum atomic E-state index is 12.5. The third kappa shape index (κ3) is 4.87. The predicted molar refractivity (Wildman–Crippen MR) is 81.0 cm³/mol. The molecular formula is C16H24N2O4. The van der Waals surface area contributed by atoms with Crippen molar-refractivity contribution in [2.24, 2.45) is 0 Å². The summed E-state index contributed by atoms with van der Waals surface area (Å²) in [6, 6.07) is 3.64. The number of hydrogen-bond donors (Lipinski definition) is 0. The monoisotopic (exact) mass is 308 g/mol. The van der Waals surface area contributed by atoms with Crippen LogP contribution in [0.15, 0.2) is 22.8 Å². The number of carbonyl (C=O) groups is 2. The summed E-state index contributed by atoms with van der Waals surface area (Å²) in [5.41, 5.74) is 0. The van der Waals surface area contributed by atoms with Crippen LogP contribution in [0.5, 0.6) is 0 Å². The van der Waals surface area contributed by atoms with Crippen molar-refractivity contribution >= 4 is 11.8 Å². The number of methoxy groups -OCH3 is 1. The molecule has 0 bridgehead atoms. The van der Waals surface area contributed by atoms with Gasteiger partial charge in [-0.2, -0.15) is 0 Å². The van der Waals surface area contributed by atoms with Gasteiger partial charge in [-0.05, 0) is 25.0 Å². The van der Waals surface area contributed by atoms with Crippen LogP contribution in [0.4, 0.5) is 0 Å². The molecule has 0 atom stereocenters. The van der Waals surface area contributed by atoms with Crippen molar-refractivity contribution in [1.29, 1.82) is 0 Å². The molecule has 1 aromatic rings. The van der Waals surface area contributed by atoms with Crippen LogP contribution in [-0.2, 0) is 20.9 Å². The lowest BCUT2D eigenvalue weighted by atomic mass is 10.2. The van der Waals surface area contributed by atoms with E-state index in [1.54, 1.807) is 29.2 Å². The zero-order valence-electron chi connectivity index (χ0n) is 13.1. The Labute approximate surface area is 131 Å². The van der Waals surface area contributed by atoms with E-state index in [9.17, 15) is 9.59 Å². The molecule has 1 aliphatic rings. The number of nitrogens with zero attached hydrogens (tertiary/aromatic N) is 2. The van der Waals surface area contributed by atoms with E-state index >= 15 is 0 Å². The molecule has 6 nitrogen and oxygen atoms in total. The third-order valence-electron chi connectivity index (χ3n) is 3.84. The van der Waals surface area contributed by atoms with Crippen LogP contribution in [0.3, 0.4) is 0 Å². The van der Waals surface area contributed by atoms with Gasteiger partial charge >= 0.3 is 0 Å². The summed E-state index contributed by atoms with van der Waals surface area (Å²) < 4.78 is 10.4. The van der Waals surface area contributed by atoms with Crippen molar-refractivity contribution in [3.8, 4) is 0 Å². The Kier molecular flexibility index (Phi) is 6.45. The van der Waals surface area contributed by atoms with Crippen LogP contribution in [0, 0.1) is 0 Å². The van der Waals surface area contributed by atoms with Crippen LogP contribution in [0.1, 0.15) is 31.4 Å². The average Bonchev–Trinajstić information content (AvgIpc) is 2.94. The molecule has 2 heterocycles. The molecule has 0 saturated carbocycles. The number of rotatable bonds is 7. The number of hydrogen-bond acceptors (Lipinski definition) is 4. The van der Waals surface area contributed by atoms with Gasteiger partial charge in [0.15, 0.2) is 0 Å².